The van der Waals surface area contributed by atoms with Crippen LogP contribution < -0.4 is 5.32 Å². The van der Waals surface area contributed by atoms with Gasteiger partial charge in [-0.25, -0.2) is 8.78 Å². The number of nitrogens with one attached hydrogen (secondary N) is 1. The Bertz CT molecular complexity index is 606. The van der Waals surface area contributed by atoms with Crippen molar-refractivity contribution in [3.05, 3.63) is 64.2 Å². The summed E-state index contributed by atoms with van der Waals surface area (Å²) in [5, 5.41) is 3.00. The molecule has 0 aliphatic rings. The molecule has 0 heterocycles. The van der Waals surface area contributed by atoms with Crippen LogP contribution >= 0.6 is 0 Å². The number of hydrogen-bond acceptors (Lipinski definition) is 1. The van der Waals surface area contributed by atoms with Crippen LogP contribution in [-0.2, 0) is 6.54 Å². The van der Waals surface area contributed by atoms with Crippen LogP contribution in [0.5, 0.6) is 0 Å². The van der Waals surface area contributed by atoms with Gasteiger partial charge in [-0.2, -0.15) is 0 Å². The molecule has 2 rings (SSSR count). The van der Waals surface area contributed by atoms with Crippen molar-refractivity contribution >= 4 is 5.69 Å². The lowest BCUT2D eigenvalue weighted by Crippen LogP contribution is -2.04. The Labute approximate surface area is 112 Å². The molecule has 1 nitrogen and oxygen atoms in total. The standard InChI is InChI=1S/C16H17F2N/c1-10-6-12(3)13(7-11(10)2)9-19-16-5-4-14(17)8-15(16)18/h4-8,19H,9H2,1-3H3. The molecule has 0 atom stereocenters. The highest BCUT2D eigenvalue weighted by molar-refractivity contribution is 5.46. The minimum Gasteiger partial charge on any atom is -0.379 e. The zero-order valence-corrected chi connectivity index (χ0v) is 11.3. The number of hydrogen-bond donors (Lipinski definition) is 1. The molecule has 0 saturated carbocycles. The SMILES string of the molecule is Cc1cc(C)c(CNc2ccc(F)cc2F)cc1C. The molecule has 1 N–H and O–H groups in total. The molecule has 0 aromatic heterocycles. The molecule has 0 spiro atoms. The largest absolute Gasteiger partial charge is 0.379 e. The third kappa shape index (κ3) is 3.11. The molecule has 0 aliphatic heterocycles. The first kappa shape index (κ1) is 13.5. The average Bonchev–Trinajstić information content (AvgIpc) is 2.34. The van der Waals surface area contributed by atoms with Crippen LogP contribution in [0.2, 0.25) is 0 Å². The topological polar surface area (TPSA) is 12.0 Å². The van der Waals surface area contributed by atoms with Crippen molar-refractivity contribution in [2.24, 2.45) is 0 Å². The smallest absolute Gasteiger partial charge is 0.149 e. The lowest BCUT2D eigenvalue weighted by molar-refractivity contribution is 0.585. The monoisotopic (exact) mass is 261 g/mol. The van der Waals surface area contributed by atoms with Crippen LogP contribution in [0.4, 0.5) is 14.5 Å². The summed E-state index contributed by atoms with van der Waals surface area (Å²) in [4.78, 5) is 0. The Kier molecular flexibility index (Phi) is 3.84. The average molecular weight is 261 g/mol. The van der Waals surface area contributed by atoms with Gasteiger partial charge < -0.3 is 5.32 Å². The summed E-state index contributed by atoms with van der Waals surface area (Å²) < 4.78 is 26.3. The normalized spacial score (nSPS) is 10.6. The highest BCUT2D eigenvalue weighted by Crippen LogP contribution is 2.19. The van der Waals surface area contributed by atoms with Gasteiger partial charge in [0.05, 0.1) is 5.69 Å². The Morgan fingerprint density at radius 2 is 1.58 bits per heavy atom. The molecular formula is C16H17F2N. The quantitative estimate of drug-likeness (QED) is 0.857. The molecule has 0 aliphatic carbocycles. The van der Waals surface area contributed by atoms with E-state index in [9.17, 15) is 8.78 Å². The van der Waals surface area contributed by atoms with Crippen molar-refractivity contribution < 1.29 is 8.78 Å². The fourth-order valence-corrected chi connectivity index (χ4v) is 2.03. The summed E-state index contributed by atoms with van der Waals surface area (Å²) in [5.74, 6) is -1.13. The van der Waals surface area contributed by atoms with Crippen LogP contribution in [0.1, 0.15) is 22.3 Å². The van der Waals surface area contributed by atoms with Crippen molar-refractivity contribution in [3.63, 3.8) is 0 Å². The zero-order chi connectivity index (χ0) is 14.0. The summed E-state index contributed by atoms with van der Waals surface area (Å²) in [6.07, 6.45) is 0. The molecule has 19 heavy (non-hydrogen) atoms. The number of halogens is 2. The first-order chi connectivity index (χ1) is 8.97. The lowest BCUT2D eigenvalue weighted by Gasteiger charge is -2.12. The van der Waals surface area contributed by atoms with E-state index in [2.05, 4.69) is 31.3 Å². The second-order valence-electron chi connectivity index (χ2n) is 4.84. The van der Waals surface area contributed by atoms with E-state index in [1.807, 2.05) is 6.92 Å². The predicted octanol–water partition coefficient (Wildman–Crippen LogP) is 4.50. The fourth-order valence-electron chi connectivity index (χ4n) is 2.03. The van der Waals surface area contributed by atoms with Crippen LogP contribution in [0.25, 0.3) is 0 Å². The Morgan fingerprint density at radius 1 is 0.895 bits per heavy atom. The first-order valence-electron chi connectivity index (χ1n) is 6.23. The highest BCUT2D eigenvalue weighted by Gasteiger charge is 2.05. The van der Waals surface area contributed by atoms with E-state index in [-0.39, 0.29) is 0 Å². The van der Waals surface area contributed by atoms with Gasteiger partial charge in [0.2, 0.25) is 0 Å². The van der Waals surface area contributed by atoms with E-state index in [0.717, 1.165) is 17.2 Å². The van der Waals surface area contributed by atoms with Gasteiger partial charge >= 0.3 is 0 Å². The van der Waals surface area contributed by atoms with E-state index in [4.69, 9.17) is 0 Å². The highest BCUT2D eigenvalue weighted by atomic mass is 19.1. The van der Waals surface area contributed by atoms with Crippen LogP contribution in [-0.4, -0.2) is 0 Å². The summed E-state index contributed by atoms with van der Waals surface area (Å²) in [6, 6.07) is 7.77. The maximum absolute atomic E-state index is 13.5. The van der Waals surface area contributed by atoms with Crippen molar-refractivity contribution in [2.45, 2.75) is 27.3 Å². The Balaban J connectivity index is 2.16. The predicted molar refractivity (Wildman–Crippen MR) is 74.3 cm³/mol. The van der Waals surface area contributed by atoms with Gasteiger partial charge in [-0.3, -0.25) is 0 Å². The molecule has 0 amide bonds. The maximum Gasteiger partial charge on any atom is 0.149 e. The number of anilines is 1. The van der Waals surface area contributed by atoms with Gasteiger partial charge in [0.1, 0.15) is 11.6 Å². The van der Waals surface area contributed by atoms with E-state index < -0.39 is 11.6 Å². The molecule has 2 aromatic carbocycles. The summed E-state index contributed by atoms with van der Waals surface area (Å²) in [6.45, 7) is 6.68. The minimum absolute atomic E-state index is 0.319. The Morgan fingerprint density at radius 3 is 2.26 bits per heavy atom. The number of aryl methyl sites for hydroxylation is 3. The summed E-state index contributed by atoms with van der Waals surface area (Å²) in [7, 11) is 0. The van der Waals surface area contributed by atoms with Crippen molar-refractivity contribution in [1.82, 2.24) is 0 Å². The summed E-state index contributed by atoms with van der Waals surface area (Å²) >= 11 is 0. The van der Waals surface area contributed by atoms with Gasteiger partial charge in [-0.1, -0.05) is 12.1 Å². The van der Waals surface area contributed by atoms with E-state index in [1.165, 1.54) is 23.3 Å². The first-order valence-corrected chi connectivity index (χ1v) is 6.23. The molecule has 100 valence electrons. The van der Waals surface area contributed by atoms with Crippen LogP contribution in [0, 0.1) is 32.4 Å². The molecule has 2 aromatic rings. The van der Waals surface area contributed by atoms with Crippen LogP contribution in [0.15, 0.2) is 30.3 Å². The van der Waals surface area contributed by atoms with Crippen molar-refractivity contribution in [1.29, 1.82) is 0 Å². The van der Waals surface area contributed by atoms with Crippen molar-refractivity contribution in [2.75, 3.05) is 5.32 Å². The Hall–Kier alpha value is -1.90. The van der Waals surface area contributed by atoms with E-state index in [0.29, 0.717) is 12.2 Å². The second-order valence-corrected chi connectivity index (χ2v) is 4.84. The van der Waals surface area contributed by atoms with Gasteiger partial charge in [0.25, 0.3) is 0 Å². The fraction of sp³-hybridized carbons (Fsp3) is 0.250. The van der Waals surface area contributed by atoms with Crippen molar-refractivity contribution in [3.8, 4) is 0 Å². The van der Waals surface area contributed by atoms with Gasteiger partial charge in [-0.15, -0.1) is 0 Å². The van der Waals surface area contributed by atoms with Crippen LogP contribution in [0.3, 0.4) is 0 Å². The second kappa shape index (κ2) is 5.39. The third-order valence-corrected chi connectivity index (χ3v) is 3.35. The maximum atomic E-state index is 13.5. The lowest BCUT2D eigenvalue weighted by atomic mass is 10.0. The van der Waals surface area contributed by atoms with Gasteiger partial charge in [0.15, 0.2) is 0 Å². The van der Waals surface area contributed by atoms with Gasteiger partial charge in [0, 0.05) is 12.6 Å². The molecule has 3 heteroatoms. The molecule has 0 unspecified atom stereocenters. The number of benzene rings is 2. The molecule has 0 fully saturated rings. The zero-order valence-electron chi connectivity index (χ0n) is 11.3. The summed E-state index contributed by atoms with van der Waals surface area (Å²) in [5.41, 5.74) is 5.06. The van der Waals surface area contributed by atoms with Gasteiger partial charge in [-0.05, 0) is 55.2 Å². The minimum atomic E-state index is -0.568. The van der Waals surface area contributed by atoms with E-state index >= 15 is 0 Å². The molecule has 0 bridgehead atoms. The third-order valence-electron chi connectivity index (χ3n) is 3.35. The number of rotatable bonds is 3. The molecular weight excluding hydrogens is 244 g/mol. The molecule has 0 radical (unpaired) electrons. The molecule has 0 saturated heterocycles. The van der Waals surface area contributed by atoms with E-state index in [1.54, 1.807) is 0 Å².